The molecule has 0 atom stereocenters. The van der Waals surface area contributed by atoms with Crippen LogP contribution in [-0.2, 0) is 4.79 Å². The maximum Gasteiger partial charge on any atom is 2.00 e. The molecule has 18 heteroatoms. The molecule has 0 aromatic carbocycles. The summed E-state index contributed by atoms with van der Waals surface area (Å²) in [6, 6.07) is 0. The van der Waals surface area contributed by atoms with Gasteiger partial charge >= 0.3 is 96.6 Å². The van der Waals surface area contributed by atoms with Gasteiger partial charge in [0.25, 0.3) is 0 Å². The van der Waals surface area contributed by atoms with Crippen LogP contribution in [0, 0.1) is 0 Å². The van der Waals surface area contributed by atoms with Crippen molar-refractivity contribution in [2.75, 3.05) is 0 Å². The first-order valence-electron chi connectivity index (χ1n) is 5.01. The van der Waals surface area contributed by atoms with E-state index in [0.717, 1.165) is 0 Å². The molecule has 0 heterocycles. The summed E-state index contributed by atoms with van der Waals surface area (Å²) < 4.78 is 187. The van der Waals surface area contributed by atoms with Crippen molar-refractivity contribution in [1.29, 1.82) is 0 Å². The van der Waals surface area contributed by atoms with Crippen LogP contribution >= 0.6 is 0 Å². The van der Waals surface area contributed by atoms with Gasteiger partial charge in [0.05, 0.1) is 0 Å². The number of hydrogen-bond donors (Lipinski definition) is 1. The van der Waals surface area contributed by atoms with Crippen molar-refractivity contribution in [2.24, 2.45) is 0 Å². The van der Waals surface area contributed by atoms with Crippen LogP contribution in [-0.4, -0.2) is 102 Å². The Morgan fingerprint density at radius 1 is 0.538 bits per heavy atom. The summed E-state index contributed by atoms with van der Waals surface area (Å²) in [5.74, 6) is -52.8. The van der Waals surface area contributed by atoms with Crippen molar-refractivity contribution in [2.45, 2.75) is 41.7 Å². The Hall–Kier alpha value is -0.00857. The Morgan fingerprint density at radius 3 is 1.00 bits per heavy atom. The molecule has 0 aliphatic rings. The van der Waals surface area contributed by atoms with Crippen LogP contribution in [0.25, 0.3) is 0 Å². The van der Waals surface area contributed by atoms with Crippen molar-refractivity contribution in [3.8, 4) is 0 Å². The maximum atomic E-state index is 12.8. The molecule has 0 amide bonds. The topological polar surface area (TPSA) is 37.3 Å². The molecule has 0 fully saturated rings. The smallest absolute Gasteiger partial charge is 1.00 e. The number of carboxylic acids is 1. The molecule has 26 heavy (non-hydrogen) atoms. The van der Waals surface area contributed by atoms with Gasteiger partial charge in [-0.25, -0.2) is 4.79 Å². The first-order valence-corrected chi connectivity index (χ1v) is 5.01. The van der Waals surface area contributed by atoms with Crippen LogP contribution in [0.15, 0.2) is 0 Å². The quantitative estimate of drug-likeness (QED) is 0.394. The molecule has 0 aromatic heterocycles. The summed E-state index contributed by atoms with van der Waals surface area (Å²) in [6.45, 7) is 0. The van der Waals surface area contributed by atoms with Crippen LogP contribution in [0.2, 0.25) is 0 Å². The molecule has 154 valence electrons. The standard InChI is InChI=1S/C8HF15O2.Ba.2H/c9-2(10,1(24)25)3(11,12)4(13,14)5(15,16)6(17,18)7(19,20)8(21,22)23;;;/h(H,24,25);;;/q;+2;2*-1. The van der Waals surface area contributed by atoms with Gasteiger partial charge in [-0.2, -0.15) is 65.9 Å². The van der Waals surface area contributed by atoms with Gasteiger partial charge in [-0.3, -0.25) is 0 Å². The number of hydrogen-bond acceptors (Lipinski definition) is 1. The van der Waals surface area contributed by atoms with Gasteiger partial charge < -0.3 is 7.96 Å². The first kappa shape index (κ1) is 28.2. The van der Waals surface area contributed by atoms with E-state index in [2.05, 4.69) is 0 Å². The van der Waals surface area contributed by atoms with Crippen molar-refractivity contribution < 1.29 is 78.6 Å². The molecule has 1 N–H and O–H groups in total. The van der Waals surface area contributed by atoms with Crippen LogP contribution in [0.4, 0.5) is 65.9 Å². The molecule has 0 unspecified atom stereocenters. The predicted octanol–water partition coefficient (Wildman–Crippen LogP) is 4.29. The summed E-state index contributed by atoms with van der Waals surface area (Å²) in [5, 5.41) is 7.57. The molecule has 0 radical (unpaired) electrons. The third-order valence-corrected chi connectivity index (χ3v) is 2.60. The second kappa shape index (κ2) is 7.11. The van der Waals surface area contributed by atoms with Crippen LogP contribution in [0.5, 0.6) is 0 Å². The van der Waals surface area contributed by atoms with Crippen LogP contribution < -0.4 is 0 Å². The average molecular weight is 553 g/mol. The molecule has 0 rings (SSSR count). The van der Waals surface area contributed by atoms with Gasteiger partial charge in [-0.05, 0) is 0 Å². The Kier molecular flexibility index (Phi) is 7.71. The van der Waals surface area contributed by atoms with E-state index < -0.39 is 47.7 Å². The number of aliphatic carboxylic acids is 1. The summed E-state index contributed by atoms with van der Waals surface area (Å²) in [6.07, 6.45) is -7.69. The Balaban J connectivity index is -0.000000960. The summed E-state index contributed by atoms with van der Waals surface area (Å²) in [5.41, 5.74) is 0. The van der Waals surface area contributed by atoms with Gasteiger partial charge in [0.2, 0.25) is 0 Å². The Labute approximate surface area is 174 Å². The molecule has 0 aromatic rings. The zero-order valence-electron chi connectivity index (χ0n) is 13.2. The minimum atomic E-state index is -8.47. The van der Waals surface area contributed by atoms with E-state index in [1.165, 1.54) is 0 Å². The second-order valence-electron chi connectivity index (χ2n) is 4.25. The first-order chi connectivity index (χ1) is 10.4. The second-order valence-corrected chi connectivity index (χ2v) is 4.25. The van der Waals surface area contributed by atoms with E-state index in [4.69, 9.17) is 5.11 Å². The molecular weight excluding hydrogens is 550 g/mol. The van der Waals surface area contributed by atoms with Crippen molar-refractivity contribution in [1.82, 2.24) is 0 Å². The van der Waals surface area contributed by atoms with E-state index in [1.54, 1.807) is 0 Å². The van der Waals surface area contributed by atoms with Crippen molar-refractivity contribution in [3.63, 3.8) is 0 Å². The minimum absolute atomic E-state index is 0. The largest absolute Gasteiger partial charge is 2.00 e. The number of carbonyl (C=O) groups is 1. The third-order valence-electron chi connectivity index (χ3n) is 2.60. The zero-order chi connectivity index (χ0) is 21.1. The van der Waals surface area contributed by atoms with E-state index >= 15 is 0 Å². The molecule has 0 aliphatic carbocycles. The molecule has 0 saturated heterocycles. The van der Waals surface area contributed by atoms with Gasteiger partial charge in [0.1, 0.15) is 0 Å². The van der Waals surface area contributed by atoms with Gasteiger partial charge in [-0.15, -0.1) is 0 Å². The Morgan fingerprint density at radius 2 is 0.769 bits per heavy atom. The van der Waals surface area contributed by atoms with E-state index in [1.807, 2.05) is 0 Å². The fourth-order valence-corrected chi connectivity index (χ4v) is 1.10. The SMILES string of the molecule is O=C(O)C(F)(F)C(F)(F)C(F)(F)C(F)(F)C(F)(F)C(F)(F)C(F)(F)F.[Ba+2].[H-].[H-]. The maximum absolute atomic E-state index is 12.8. The Bertz CT molecular complexity index is 547. The predicted molar refractivity (Wildman–Crippen MR) is 51.4 cm³/mol. The van der Waals surface area contributed by atoms with Crippen molar-refractivity contribution in [3.05, 3.63) is 0 Å². The zero-order valence-corrected chi connectivity index (χ0v) is 15.7. The molecule has 2 nitrogen and oxygen atoms in total. The monoisotopic (exact) mass is 554 g/mol. The molecule has 0 bridgehead atoms. The van der Waals surface area contributed by atoms with Gasteiger partial charge in [-0.1, -0.05) is 0 Å². The summed E-state index contributed by atoms with van der Waals surface area (Å²) >= 11 is 0. The fraction of sp³-hybridized carbons (Fsp3) is 0.875. The van der Waals surface area contributed by atoms with E-state index in [-0.39, 0.29) is 51.7 Å². The third kappa shape index (κ3) is 3.52. The molecule has 0 spiro atoms. The normalized spacial score (nSPS) is 15.5. The van der Waals surface area contributed by atoms with E-state index in [0.29, 0.717) is 0 Å². The number of rotatable bonds is 6. The number of alkyl halides is 15. The van der Waals surface area contributed by atoms with Crippen LogP contribution in [0.3, 0.4) is 0 Å². The van der Waals surface area contributed by atoms with Gasteiger partial charge in [0, 0.05) is 0 Å². The number of carboxylic acid groups (broad SMARTS) is 1. The molecule has 0 saturated carbocycles. The average Bonchev–Trinajstić information content (AvgIpc) is 2.35. The number of halogens is 15. The summed E-state index contributed by atoms with van der Waals surface area (Å²) in [7, 11) is 0. The minimum Gasteiger partial charge on any atom is -1.00 e. The molecular formula is C8H3BaF15O2. The van der Waals surface area contributed by atoms with Gasteiger partial charge in [0.15, 0.2) is 0 Å². The van der Waals surface area contributed by atoms with E-state index in [9.17, 15) is 70.7 Å². The summed E-state index contributed by atoms with van der Waals surface area (Å²) in [4.78, 5) is 9.72. The van der Waals surface area contributed by atoms with Crippen LogP contribution in [0.1, 0.15) is 2.85 Å². The molecule has 0 aliphatic heterocycles. The fourth-order valence-electron chi connectivity index (χ4n) is 1.10. The van der Waals surface area contributed by atoms with Crippen molar-refractivity contribution >= 4 is 54.9 Å².